The Hall–Kier alpha value is -2.17. The molecule has 3 aliphatic heterocycles. The minimum atomic E-state index is -0.119. The summed E-state index contributed by atoms with van der Waals surface area (Å²) >= 11 is 0. The molecule has 5 rings (SSSR count). The minimum Gasteiger partial charge on any atom is -0.337 e. The third kappa shape index (κ3) is 3.04. The lowest BCUT2D eigenvalue weighted by atomic mass is 9.83. The van der Waals surface area contributed by atoms with E-state index in [1.165, 1.54) is 26.2 Å². The quantitative estimate of drug-likeness (QED) is 0.781. The Bertz CT molecular complexity index is 741. The molecule has 3 heterocycles. The number of ketones is 1. The lowest BCUT2D eigenvalue weighted by Gasteiger charge is -2.40. The number of nitrogens with zero attached hydrogens (tertiary/aromatic N) is 2. The number of amides is 2. The fraction of sp³-hybridized carbons (Fsp3) is 0.571. The highest BCUT2D eigenvalue weighted by atomic mass is 16.2. The van der Waals surface area contributed by atoms with Gasteiger partial charge in [-0.05, 0) is 44.6 Å². The van der Waals surface area contributed by atoms with Gasteiger partial charge in [0.05, 0.1) is 11.5 Å². The summed E-state index contributed by atoms with van der Waals surface area (Å²) in [7, 11) is 0. The second-order valence-corrected chi connectivity index (χ2v) is 8.03. The van der Waals surface area contributed by atoms with Crippen molar-refractivity contribution in [3.05, 3.63) is 35.4 Å². The number of carbonyl (C=O) groups excluding carboxylic acids is 3. The molecule has 5 nitrogen and oxygen atoms in total. The number of carbonyl (C=O) groups is 3. The summed E-state index contributed by atoms with van der Waals surface area (Å²) in [5.74, 6) is 0.548. The molecule has 0 N–H and O–H groups in total. The molecule has 2 atom stereocenters. The van der Waals surface area contributed by atoms with Gasteiger partial charge in [0.25, 0.3) is 5.91 Å². The molecule has 26 heavy (non-hydrogen) atoms. The third-order valence-corrected chi connectivity index (χ3v) is 6.30. The maximum Gasteiger partial charge on any atom is 0.254 e. The van der Waals surface area contributed by atoms with Gasteiger partial charge in [0, 0.05) is 31.2 Å². The average molecular weight is 354 g/mol. The molecule has 1 aromatic carbocycles. The lowest BCUT2D eigenvalue weighted by molar-refractivity contribution is -0.141. The van der Waals surface area contributed by atoms with Crippen molar-refractivity contribution in [1.82, 2.24) is 9.80 Å². The van der Waals surface area contributed by atoms with Crippen LogP contribution in [0.1, 0.15) is 59.7 Å². The molecule has 4 fully saturated rings. The van der Waals surface area contributed by atoms with Crippen LogP contribution in [0, 0.1) is 11.8 Å². The molecule has 0 radical (unpaired) electrons. The van der Waals surface area contributed by atoms with Gasteiger partial charge in [-0.1, -0.05) is 24.6 Å². The van der Waals surface area contributed by atoms with E-state index in [-0.39, 0.29) is 29.6 Å². The van der Waals surface area contributed by atoms with Crippen LogP contribution in [-0.4, -0.2) is 53.1 Å². The topological polar surface area (TPSA) is 57.7 Å². The molecule has 2 amide bonds. The lowest BCUT2D eigenvalue weighted by Crippen LogP contribution is -2.50. The summed E-state index contributed by atoms with van der Waals surface area (Å²) in [6.07, 6.45) is 5.54. The molecule has 0 unspecified atom stereocenters. The van der Waals surface area contributed by atoms with Crippen molar-refractivity contribution in [2.75, 3.05) is 19.6 Å². The number of fused-ring (bicyclic) bond motifs is 4. The maximum atomic E-state index is 13.1. The zero-order chi connectivity index (χ0) is 18.3. The predicted octanol–water partition coefficient (Wildman–Crippen LogP) is 2.75. The van der Waals surface area contributed by atoms with Crippen LogP contribution >= 0.6 is 0 Å². The van der Waals surface area contributed by atoms with Crippen molar-refractivity contribution in [3.63, 3.8) is 0 Å². The fourth-order valence-electron chi connectivity index (χ4n) is 4.55. The van der Waals surface area contributed by atoms with E-state index in [0.717, 1.165) is 19.4 Å². The molecule has 1 aromatic rings. The van der Waals surface area contributed by atoms with Crippen molar-refractivity contribution in [2.24, 2.45) is 11.8 Å². The Morgan fingerprint density at radius 3 is 2.42 bits per heavy atom. The smallest absolute Gasteiger partial charge is 0.254 e. The molecular weight excluding hydrogens is 328 g/mol. The van der Waals surface area contributed by atoms with Crippen LogP contribution in [0.4, 0.5) is 0 Å². The van der Waals surface area contributed by atoms with Crippen LogP contribution in [0.25, 0.3) is 0 Å². The van der Waals surface area contributed by atoms with Gasteiger partial charge >= 0.3 is 0 Å². The monoisotopic (exact) mass is 354 g/mol. The van der Waals surface area contributed by atoms with E-state index in [9.17, 15) is 14.4 Å². The Labute approximate surface area is 154 Å². The van der Waals surface area contributed by atoms with Gasteiger partial charge in [-0.2, -0.15) is 0 Å². The van der Waals surface area contributed by atoms with Crippen LogP contribution < -0.4 is 0 Å². The predicted molar refractivity (Wildman–Crippen MR) is 97.9 cm³/mol. The maximum absolute atomic E-state index is 13.1. The van der Waals surface area contributed by atoms with E-state index in [4.69, 9.17) is 0 Å². The Morgan fingerprint density at radius 1 is 1.04 bits per heavy atom. The van der Waals surface area contributed by atoms with Gasteiger partial charge in [-0.3, -0.25) is 14.4 Å². The first-order valence-electron chi connectivity index (χ1n) is 9.74. The number of hydrogen-bond donors (Lipinski definition) is 0. The molecule has 1 saturated carbocycles. The Balaban J connectivity index is 1.56. The largest absolute Gasteiger partial charge is 0.337 e. The molecule has 2 bridgehead atoms. The van der Waals surface area contributed by atoms with E-state index in [1.807, 2.05) is 4.90 Å². The fourth-order valence-corrected chi connectivity index (χ4v) is 4.55. The Kier molecular flexibility index (Phi) is 4.55. The van der Waals surface area contributed by atoms with Gasteiger partial charge < -0.3 is 9.80 Å². The van der Waals surface area contributed by atoms with Crippen LogP contribution in [0.3, 0.4) is 0 Å². The molecule has 138 valence electrons. The van der Waals surface area contributed by atoms with Crippen molar-refractivity contribution >= 4 is 17.6 Å². The molecule has 0 spiro atoms. The summed E-state index contributed by atoms with van der Waals surface area (Å²) in [5, 5.41) is 0. The van der Waals surface area contributed by atoms with Crippen LogP contribution in [-0.2, 0) is 4.79 Å². The average Bonchev–Trinajstić information content (AvgIpc) is 2.89. The minimum absolute atomic E-state index is 0.0951. The molecule has 4 aliphatic rings. The number of rotatable bonds is 4. The van der Waals surface area contributed by atoms with Gasteiger partial charge in [0.1, 0.15) is 0 Å². The zero-order valence-corrected chi connectivity index (χ0v) is 15.3. The first-order valence-corrected chi connectivity index (χ1v) is 9.74. The van der Waals surface area contributed by atoms with Crippen molar-refractivity contribution in [1.29, 1.82) is 0 Å². The van der Waals surface area contributed by atoms with Gasteiger partial charge in [0.15, 0.2) is 5.78 Å². The number of hydrogen-bond acceptors (Lipinski definition) is 3. The summed E-state index contributed by atoms with van der Waals surface area (Å²) in [6.45, 7) is 3.40. The van der Waals surface area contributed by atoms with E-state index >= 15 is 0 Å². The number of piperidine rings is 1. The number of benzene rings is 1. The van der Waals surface area contributed by atoms with E-state index in [0.29, 0.717) is 30.1 Å². The second-order valence-electron chi connectivity index (χ2n) is 8.03. The SMILES string of the molecule is CC(=O)c1ccccc1C(=O)N1C[C@@H]2CC[C@H](C1)N(CC1CCC1)C2=O. The van der Waals surface area contributed by atoms with Crippen LogP contribution in [0.15, 0.2) is 24.3 Å². The second kappa shape index (κ2) is 6.86. The van der Waals surface area contributed by atoms with Gasteiger partial charge in [-0.15, -0.1) is 0 Å². The Morgan fingerprint density at radius 2 is 1.77 bits per heavy atom. The summed E-state index contributed by atoms with van der Waals surface area (Å²) in [5.41, 5.74) is 0.922. The van der Waals surface area contributed by atoms with Crippen molar-refractivity contribution < 1.29 is 14.4 Å². The summed E-state index contributed by atoms with van der Waals surface area (Å²) in [6, 6.07) is 7.12. The van der Waals surface area contributed by atoms with E-state index < -0.39 is 0 Å². The molecule has 0 aromatic heterocycles. The highest BCUT2D eigenvalue weighted by Gasteiger charge is 2.43. The normalized spacial score (nSPS) is 25.8. The van der Waals surface area contributed by atoms with Crippen LogP contribution in [0.5, 0.6) is 0 Å². The number of Topliss-reactive ketones (excluding diaryl/α,β-unsaturated/α-hetero) is 1. The molecule has 3 saturated heterocycles. The van der Waals surface area contributed by atoms with Crippen molar-refractivity contribution in [3.8, 4) is 0 Å². The first-order chi connectivity index (χ1) is 12.5. The first kappa shape index (κ1) is 17.3. The molecule has 1 aliphatic carbocycles. The van der Waals surface area contributed by atoms with E-state index in [2.05, 4.69) is 4.90 Å². The summed E-state index contributed by atoms with van der Waals surface area (Å²) < 4.78 is 0. The van der Waals surface area contributed by atoms with Gasteiger partial charge in [0.2, 0.25) is 5.91 Å². The molecule has 5 heteroatoms. The molecular formula is C21H26N2O3. The standard InChI is InChI=1S/C21H26N2O3/c1-14(24)18-7-2-3-8-19(18)21(26)22-12-16-9-10-17(13-22)23(20(16)25)11-15-5-4-6-15/h2-3,7-8,15-17H,4-6,9-13H2,1H3/t16-,17+/m0/s1. The summed E-state index contributed by atoms with van der Waals surface area (Å²) in [4.78, 5) is 41.8. The highest BCUT2D eigenvalue weighted by Crippen LogP contribution is 2.34. The van der Waals surface area contributed by atoms with Crippen LogP contribution in [0.2, 0.25) is 0 Å². The van der Waals surface area contributed by atoms with Gasteiger partial charge in [-0.25, -0.2) is 0 Å². The third-order valence-electron chi connectivity index (χ3n) is 6.30. The van der Waals surface area contributed by atoms with E-state index in [1.54, 1.807) is 24.3 Å². The highest BCUT2D eigenvalue weighted by molar-refractivity contribution is 6.07. The zero-order valence-electron chi connectivity index (χ0n) is 15.3. The van der Waals surface area contributed by atoms with Crippen molar-refractivity contribution in [2.45, 2.75) is 45.1 Å².